The second-order valence-corrected chi connectivity index (χ2v) is 5.43. The Labute approximate surface area is 95.6 Å². The minimum atomic E-state index is -0.446. The van der Waals surface area contributed by atoms with Crippen molar-refractivity contribution in [3.8, 4) is 0 Å². The summed E-state index contributed by atoms with van der Waals surface area (Å²) in [5.74, 6) is 0. The monoisotopic (exact) mass is 229 g/mol. The molecule has 92 valence electrons. The van der Waals surface area contributed by atoms with Crippen LogP contribution in [0.4, 0.5) is 4.79 Å². The van der Waals surface area contributed by atoms with Crippen LogP contribution in [0.1, 0.15) is 20.8 Å². The van der Waals surface area contributed by atoms with E-state index in [-0.39, 0.29) is 11.7 Å². The van der Waals surface area contributed by atoms with E-state index in [1.807, 2.05) is 20.8 Å². The Morgan fingerprint density at radius 3 is 2.56 bits per heavy atom. The highest BCUT2D eigenvalue weighted by molar-refractivity contribution is 5.68. The highest BCUT2D eigenvalue weighted by Crippen LogP contribution is 2.27. The normalized spacial score (nSPS) is 24.1. The third-order valence-electron chi connectivity index (χ3n) is 2.63. The highest BCUT2D eigenvalue weighted by Gasteiger charge is 2.45. The second kappa shape index (κ2) is 3.89. The summed E-state index contributed by atoms with van der Waals surface area (Å²) in [5, 5.41) is 0. The first-order valence-electron chi connectivity index (χ1n) is 5.60. The fraction of sp³-hybridized carbons (Fsp3) is 0.909. The molecule has 1 spiro atoms. The molecule has 5 heteroatoms. The fourth-order valence-electron chi connectivity index (χ4n) is 1.83. The van der Waals surface area contributed by atoms with Gasteiger partial charge >= 0.3 is 6.09 Å². The zero-order chi connectivity index (χ0) is 11.8. The number of amides is 1. The predicted octanol–water partition coefficient (Wildman–Crippen LogP) is 1.02. The van der Waals surface area contributed by atoms with Gasteiger partial charge < -0.3 is 19.1 Å². The van der Waals surface area contributed by atoms with Crippen LogP contribution in [0.15, 0.2) is 0 Å². The van der Waals surface area contributed by atoms with Crippen LogP contribution < -0.4 is 0 Å². The van der Waals surface area contributed by atoms with E-state index in [1.165, 1.54) is 0 Å². The van der Waals surface area contributed by atoms with Crippen LogP contribution in [-0.2, 0) is 14.2 Å². The Morgan fingerprint density at radius 1 is 1.38 bits per heavy atom. The summed E-state index contributed by atoms with van der Waals surface area (Å²) in [5.41, 5.74) is -0.714. The molecule has 0 unspecified atom stereocenters. The van der Waals surface area contributed by atoms with E-state index in [1.54, 1.807) is 4.90 Å². The standard InChI is InChI=1S/C11H19NO4/c1-10(2,3)16-9(13)12-4-5-15-11(6-12)7-14-8-11/h4-8H2,1-3H3. The fourth-order valence-corrected chi connectivity index (χ4v) is 1.83. The summed E-state index contributed by atoms with van der Waals surface area (Å²) < 4.78 is 16.1. The summed E-state index contributed by atoms with van der Waals surface area (Å²) in [4.78, 5) is 13.6. The summed E-state index contributed by atoms with van der Waals surface area (Å²) in [6.07, 6.45) is -0.262. The predicted molar refractivity (Wildman–Crippen MR) is 57.3 cm³/mol. The van der Waals surface area contributed by atoms with Gasteiger partial charge in [-0.1, -0.05) is 0 Å². The van der Waals surface area contributed by atoms with Gasteiger partial charge in [0.05, 0.1) is 26.4 Å². The molecular formula is C11H19NO4. The molecule has 0 bridgehead atoms. The van der Waals surface area contributed by atoms with E-state index in [2.05, 4.69) is 0 Å². The molecule has 0 aliphatic carbocycles. The van der Waals surface area contributed by atoms with E-state index in [0.29, 0.717) is 32.9 Å². The maximum atomic E-state index is 11.8. The van der Waals surface area contributed by atoms with Crippen LogP contribution in [0.3, 0.4) is 0 Å². The second-order valence-electron chi connectivity index (χ2n) is 5.43. The van der Waals surface area contributed by atoms with E-state index in [0.717, 1.165) is 0 Å². The Bertz CT molecular complexity index is 280. The number of morpholine rings is 1. The molecule has 5 nitrogen and oxygen atoms in total. The van der Waals surface area contributed by atoms with E-state index < -0.39 is 5.60 Å². The SMILES string of the molecule is CC(C)(C)OC(=O)N1CCOC2(COC2)C1. The lowest BCUT2D eigenvalue weighted by Crippen LogP contribution is -2.64. The van der Waals surface area contributed by atoms with Gasteiger partial charge in [0.15, 0.2) is 0 Å². The molecule has 2 aliphatic rings. The Balaban J connectivity index is 1.91. The summed E-state index contributed by atoms with van der Waals surface area (Å²) in [6.45, 7) is 8.48. The molecule has 2 rings (SSSR count). The molecule has 1 amide bonds. The topological polar surface area (TPSA) is 48.0 Å². The maximum Gasteiger partial charge on any atom is 0.410 e. The molecule has 2 heterocycles. The number of carbonyl (C=O) groups excluding carboxylic acids is 1. The molecule has 2 fully saturated rings. The molecule has 16 heavy (non-hydrogen) atoms. The van der Waals surface area contributed by atoms with E-state index in [9.17, 15) is 4.79 Å². The van der Waals surface area contributed by atoms with Crippen LogP contribution >= 0.6 is 0 Å². The molecule has 0 N–H and O–H groups in total. The number of nitrogens with zero attached hydrogens (tertiary/aromatic N) is 1. The number of hydrogen-bond acceptors (Lipinski definition) is 4. The molecule has 0 saturated carbocycles. The molecule has 2 aliphatic heterocycles. The third-order valence-corrected chi connectivity index (χ3v) is 2.63. The van der Waals surface area contributed by atoms with Gasteiger partial charge in [-0.25, -0.2) is 4.79 Å². The molecule has 0 aromatic rings. The first-order valence-corrected chi connectivity index (χ1v) is 5.60. The van der Waals surface area contributed by atoms with Crippen molar-refractivity contribution >= 4 is 6.09 Å². The Morgan fingerprint density at radius 2 is 2.06 bits per heavy atom. The molecule has 0 radical (unpaired) electrons. The summed E-state index contributed by atoms with van der Waals surface area (Å²) in [6, 6.07) is 0. The van der Waals surface area contributed by atoms with Gasteiger partial charge in [0.2, 0.25) is 0 Å². The molecule has 0 aromatic heterocycles. The van der Waals surface area contributed by atoms with Crippen molar-refractivity contribution in [3.63, 3.8) is 0 Å². The van der Waals surface area contributed by atoms with Crippen LogP contribution in [0.5, 0.6) is 0 Å². The highest BCUT2D eigenvalue weighted by atomic mass is 16.6. The molecule has 2 saturated heterocycles. The van der Waals surface area contributed by atoms with Crippen molar-refractivity contribution in [2.24, 2.45) is 0 Å². The minimum Gasteiger partial charge on any atom is -0.444 e. The molecular weight excluding hydrogens is 210 g/mol. The van der Waals surface area contributed by atoms with Crippen LogP contribution in [-0.4, -0.2) is 55.1 Å². The number of hydrogen-bond donors (Lipinski definition) is 0. The number of carbonyl (C=O) groups is 1. The van der Waals surface area contributed by atoms with Crippen LogP contribution in [0.25, 0.3) is 0 Å². The lowest BCUT2D eigenvalue weighted by atomic mass is 10.00. The first kappa shape index (κ1) is 11.7. The van der Waals surface area contributed by atoms with Gasteiger partial charge in [0, 0.05) is 6.54 Å². The first-order chi connectivity index (χ1) is 7.40. The largest absolute Gasteiger partial charge is 0.444 e. The Hall–Kier alpha value is -0.810. The van der Waals surface area contributed by atoms with Crippen LogP contribution in [0.2, 0.25) is 0 Å². The zero-order valence-corrected chi connectivity index (χ0v) is 10.1. The van der Waals surface area contributed by atoms with Crippen molar-refractivity contribution in [1.82, 2.24) is 4.90 Å². The number of rotatable bonds is 0. The molecule has 0 aromatic carbocycles. The van der Waals surface area contributed by atoms with Crippen LogP contribution in [0, 0.1) is 0 Å². The molecule has 0 atom stereocenters. The zero-order valence-electron chi connectivity index (χ0n) is 10.1. The van der Waals surface area contributed by atoms with Crippen molar-refractivity contribution in [2.75, 3.05) is 32.9 Å². The minimum absolute atomic E-state index is 0.262. The van der Waals surface area contributed by atoms with Crippen molar-refractivity contribution in [3.05, 3.63) is 0 Å². The quantitative estimate of drug-likeness (QED) is 0.622. The van der Waals surface area contributed by atoms with E-state index in [4.69, 9.17) is 14.2 Å². The van der Waals surface area contributed by atoms with Crippen molar-refractivity contribution < 1.29 is 19.0 Å². The summed E-state index contributed by atoms with van der Waals surface area (Å²) >= 11 is 0. The van der Waals surface area contributed by atoms with Gasteiger partial charge in [0.25, 0.3) is 0 Å². The average Bonchev–Trinajstić information content (AvgIpc) is 2.13. The lowest BCUT2D eigenvalue weighted by Gasteiger charge is -2.47. The van der Waals surface area contributed by atoms with Gasteiger partial charge in [-0.15, -0.1) is 0 Å². The van der Waals surface area contributed by atoms with Gasteiger partial charge in [0.1, 0.15) is 11.2 Å². The average molecular weight is 229 g/mol. The lowest BCUT2D eigenvalue weighted by molar-refractivity contribution is -0.234. The summed E-state index contributed by atoms with van der Waals surface area (Å²) in [7, 11) is 0. The van der Waals surface area contributed by atoms with Gasteiger partial charge in [-0.2, -0.15) is 0 Å². The van der Waals surface area contributed by atoms with Gasteiger partial charge in [-0.05, 0) is 20.8 Å². The van der Waals surface area contributed by atoms with Gasteiger partial charge in [-0.3, -0.25) is 0 Å². The Kier molecular flexibility index (Phi) is 2.84. The maximum absolute atomic E-state index is 11.8. The third kappa shape index (κ3) is 2.47. The van der Waals surface area contributed by atoms with Crippen molar-refractivity contribution in [1.29, 1.82) is 0 Å². The van der Waals surface area contributed by atoms with E-state index >= 15 is 0 Å². The van der Waals surface area contributed by atoms with Crippen molar-refractivity contribution in [2.45, 2.75) is 32.0 Å². The smallest absolute Gasteiger partial charge is 0.410 e. The number of ether oxygens (including phenoxy) is 3.